The quantitative estimate of drug-likeness (QED) is 0.658. The lowest BCUT2D eigenvalue weighted by atomic mass is 9.48. The topological polar surface area (TPSA) is 52.9 Å². The number of carbonyl (C=O) groups excluding carboxylic acids is 1. The van der Waals surface area contributed by atoms with Crippen molar-refractivity contribution in [3.8, 4) is 6.07 Å². The zero-order chi connectivity index (χ0) is 20.2. The summed E-state index contributed by atoms with van der Waals surface area (Å²) in [6.45, 7) is 2.06. The molecule has 4 saturated carbocycles. The molecule has 4 heteroatoms. The van der Waals surface area contributed by atoms with Gasteiger partial charge in [0, 0.05) is 5.69 Å². The van der Waals surface area contributed by atoms with Gasteiger partial charge in [0.05, 0.1) is 22.2 Å². The van der Waals surface area contributed by atoms with Gasteiger partial charge in [-0.15, -0.1) is 0 Å². The molecule has 4 fully saturated rings. The van der Waals surface area contributed by atoms with Gasteiger partial charge in [0.1, 0.15) is 0 Å². The van der Waals surface area contributed by atoms with Crippen LogP contribution in [0.15, 0.2) is 36.4 Å². The molecule has 3 nitrogen and oxygen atoms in total. The minimum atomic E-state index is -0.280. The highest BCUT2D eigenvalue weighted by atomic mass is 35.5. The van der Waals surface area contributed by atoms with Crippen LogP contribution in [0.3, 0.4) is 0 Å². The second-order valence-corrected chi connectivity index (χ2v) is 9.90. The molecule has 0 atom stereocenters. The molecule has 6 rings (SSSR count). The van der Waals surface area contributed by atoms with Gasteiger partial charge in [-0.05, 0) is 104 Å². The molecular weight excluding hydrogens is 380 g/mol. The van der Waals surface area contributed by atoms with Gasteiger partial charge in [0.2, 0.25) is 0 Å². The summed E-state index contributed by atoms with van der Waals surface area (Å²) in [7, 11) is 0. The van der Waals surface area contributed by atoms with Crippen molar-refractivity contribution in [2.75, 3.05) is 5.32 Å². The highest BCUT2D eigenvalue weighted by molar-refractivity contribution is 6.34. The molecule has 2 aromatic carbocycles. The van der Waals surface area contributed by atoms with Crippen molar-refractivity contribution in [2.24, 2.45) is 17.8 Å². The smallest absolute Gasteiger partial charge is 0.257 e. The number of nitriles is 1. The van der Waals surface area contributed by atoms with E-state index in [1.54, 1.807) is 12.1 Å². The van der Waals surface area contributed by atoms with E-state index in [1.165, 1.54) is 50.2 Å². The summed E-state index contributed by atoms with van der Waals surface area (Å²) < 4.78 is 0. The molecule has 0 unspecified atom stereocenters. The van der Waals surface area contributed by atoms with Crippen LogP contribution in [0.1, 0.15) is 65.6 Å². The Morgan fingerprint density at radius 3 is 2.31 bits per heavy atom. The Bertz CT molecular complexity index is 1000. The molecule has 1 N–H and O–H groups in total. The van der Waals surface area contributed by atoms with E-state index in [0.717, 1.165) is 29.0 Å². The predicted molar refractivity (Wildman–Crippen MR) is 115 cm³/mol. The molecule has 2 aromatic rings. The van der Waals surface area contributed by atoms with Gasteiger partial charge >= 0.3 is 0 Å². The van der Waals surface area contributed by atoms with Gasteiger partial charge in [-0.1, -0.05) is 23.7 Å². The van der Waals surface area contributed by atoms with Crippen molar-refractivity contribution < 1.29 is 4.79 Å². The van der Waals surface area contributed by atoms with Crippen molar-refractivity contribution in [2.45, 2.75) is 50.9 Å². The molecule has 4 aliphatic carbocycles. The van der Waals surface area contributed by atoms with Gasteiger partial charge < -0.3 is 5.32 Å². The molecule has 0 spiro atoms. The number of carbonyl (C=O) groups is 1. The molecule has 29 heavy (non-hydrogen) atoms. The predicted octanol–water partition coefficient (Wildman–Crippen LogP) is 6.24. The van der Waals surface area contributed by atoms with E-state index < -0.39 is 0 Å². The van der Waals surface area contributed by atoms with E-state index in [0.29, 0.717) is 21.6 Å². The first-order valence-electron chi connectivity index (χ1n) is 10.6. The molecular formula is C25H25ClN2O. The molecule has 148 valence electrons. The van der Waals surface area contributed by atoms with E-state index in [2.05, 4.69) is 30.4 Å². The normalized spacial score (nSPS) is 29.5. The minimum Gasteiger partial charge on any atom is -0.322 e. The Kier molecular flexibility index (Phi) is 4.44. The Morgan fingerprint density at radius 2 is 1.72 bits per heavy atom. The molecule has 4 aliphatic rings. The molecule has 0 aliphatic heterocycles. The van der Waals surface area contributed by atoms with Gasteiger partial charge in [-0.3, -0.25) is 4.79 Å². The second kappa shape index (κ2) is 6.89. The molecule has 0 saturated heterocycles. The Morgan fingerprint density at radius 1 is 1.07 bits per heavy atom. The molecule has 0 heterocycles. The van der Waals surface area contributed by atoms with Crippen molar-refractivity contribution in [1.82, 2.24) is 0 Å². The zero-order valence-corrected chi connectivity index (χ0v) is 17.4. The maximum atomic E-state index is 12.8. The summed E-state index contributed by atoms with van der Waals surface area (Å²) in [6.07, 6.45) is 8.32. The van der Waals surface area contributed by atoms with Crippen LogP contribution in [-0.4, -0.2) is 5.91 Å². The molecule has 4 bridgehead atoms. The number of hydrogen-bond donors (Lipinski definition) is 1. The summed E-state index contributed by atoms with van der Waals surface area (Å²) >= 11 is 6.19. The van der Waals surface area contributed by atoms with Crippen molar-refractivity contribution in [3.05, 3.63) is 63.7 Å². The van der Waals surface area contributed by atoms with E-state index in [9.17, 15) is 4.79 Å². The summed E-state index contributed by atoms with van der Waals surface area (Å²) in [6, 6.07) is 13.4. The fraction of sp³-hybridized carbons (Fsp3) is 0.440. The average Bonchev–Trinajstić information content (AvgIpc) is 2.68. The van der Waals surface area contributed by atoms with E-state index >= 15 is 0 Å². The average molecular weight is 405 g/mol. The first kappa shape index (κ1) is 18.7. The number of aryl methyl sites for hydroxylation is 1. The highest BCUT2D eigenvalue weighted by Gasteiger charge is 2.51. The number of anilines is 1. The van der Waals surface area contributed by atoms with E-state index in [4.69, 9.17) is 16.9 Å². The summed E-state index contributed by atoms with van der Waals surface area (Å²) in [5.41, 5.74) is 4.45. The molecule has 0 aromatic heterocycles. The van der Waals surface area contributed by atoms with Crippen molar-refractivity contribution in [1.29, 1.82) is 5.26 Å². The Hall–Kier alpha value is -2.31. The van der Waals surface area contributed by atoms with Crippen LogP contribution in [0.2, 0.25) is 5.02 Å². The fourth-order valence-electron chi connectivity index (χ4n) is 6.56. The third-order valence-corrected chi connectivity index (χ3v) is 7.79. The number of amides is 1. The Balaban J connectivity index is 1.40. The van der Waals surface area contributed by atoms with E-state index in [-0.39, 0.29) is 5.91 Å². The maximum Gasteiger partial charge on any atom is 0.257 e. The number of rotatable bonds is 3. The first-order chi connectivity index (χ1) is 14.0. The largest absolute Gasteiger partial charge is 0.322 e. The number of nitrogens with one attached hydrogen (secondary N) is 1. The zero-order valence-electron chi connectivity index (χ0n) is 16.7. The molecule has 0 radical (unpaired) electrons. The fourth-order valence-corrected chi connectivity index (χ4v) is 6.76. The summed E-state index contributed by atoms with van der Waals surface area (Å²) in [5, 5.41) is 12.4. The number of nitrogens with zero attached hydrogens (tertiary/aromatic N) is 1. The minimum absolute atomic E-state index is 0.280. The van der Waals surface area contributed by atoms with Gasteiger partial charge in [-0.25, -0.2) is 0 Å². The van der Waals surface area contributed by atoms with Crippen LogP contribution in [0.5, 0.6) is 0 Å². The standard InChI is InChI=1S/C25H25ClN2O/c1-15-6-20(25-11-17-7-18(12-25)9-19(8-17)13-25)3-5-23(15)28-24(29)21-10-16(14-27)2-4-22(21)26/h2-6,10,17-19H,7-9,11-13H2,1H3,(H,28,29). The number of benzene rings is 2. The van der Waals surface area contributed by atoms with Crippen LogP contribution in [0, 0.1) is 36.0 Å². The number of hydrogen-bond acceptors (Lipinski definition) is 2. The van der Waals surface area contributed by atoms with Crippen LogP contribution in [0.25, 0.3) is 0 Å². The van der Waals surface area contributed by atoms with E-state index in [1.807, 2.05) is 6.07 Å². The first-order valence-corrected chi connectivity index (χ1v) is 11.0. The highest BCUT2D eigenvalue weighted by Crippen LogP contribution is 2.60. The van der Waals surface area contributed by atoms with Crippen LogP contribution < -0.4 is 5.32 Å². The SMILES string of the molecule is Cc1cc(C23CC4CC(CC(C4)C2)C3)ccc1NC(=O)c1cc(C#N)ccc1Cl. The van der Waals surface area contributed by atoms with Gasteiger partial charge in [0.15, 0.2) is 0 Å². The second-order valence-electron chi connectivity index (χ2n) is 9.49. The maximum absolute atomic E-state index is 12.8. The van der Waals surface area contributed by atoms with Gasteiger partial charge in [-0.2, -0.15) is 5.26 Å². The van der Waals surface area contributed by atoms with Crippen molar-refractivity contribution in [3.63, 3.8) is 0 Å². The monoisotopic (exact) mass is 404 g/mol. The summed E-state index contributed by atoms with van der Waals surface area (Å²) in [4.78, 5) is 12.8. The van der Waals surface area contributed by atoms with Crippen LogP contribution in [-0.2, 0) is 5.41 Å². The number of halogens is 1. The lowest BCUT2D eigenvalue weighted by Crippen LogP contribution is -2.48. The molecule has 1 amide bonds. The van der Waals surface area contributed by atoms with Crippen LogP contribution >= 0.6 is 11.6 Å². The summed E-state index contributed by atoms with van der Waals surface area (Å²) in [5.74, 6) is 2.46. The third-order valence-electron chi connectivity index (χ3n) is 7.47. The lowest BCUT2D eigenvalue weighted by molar-refractivity contribution is -0.00520. The lowest BCUT2D eigenvalue weighted by Gasteiger charge is -2.57. The Labute approximate surface area is 177 Å². The van der Waals surface area contributed by atoms with Crippen molar-refractivity contribution >= 4 is 23.2 Å². The van der Waals surface area contributed by atoms with Gasteiger partial charge in [0.25, 0.3) is 5.91 Å². The van der Waals surface area contributed by atoms with Crippen LogP contribution in [0.4, 0.5) is 5.69 Å². The third kappa shape index (κ3) is 3.24.